The molecule has 0 bridgehead atoms. The molecule has 4 rings (SSSR count). The van der Waals surface area contributed by atoms with E-state index in [0.717, 1.165) is 24.4 Å². The van der Waals surface area contributed by atoms with E-state index in [1.54, 1.807) is 29.2 Å². The largest absolute Gasteiger partial charge is 0.439 e. The molecule has 1 atom stereocenters. The second-order valence-corrected chi connectivity index (χ2v) is 9.33. The molecule has 1 aromatic heterocycles. The minimum atomic E-state index is -0.630. The lowest BCUT2D eigenvalue weighted by molar-refractivity contribution is 0.0941. The highest BCUT2D eigenvalue weighted by molar-refractivity contribution is 5.96. The predicted molar refractivity (Wildman–Crippen MR) is 132 cm³/mol. The lowest BCUT2D eigenvalue weighted by atomic mass is 9.83. The van der Waals surface area contributed by atoms with Crippen molar-refractivity contribution in [1.82, 2.24) is 20.1 Å². The predicted octanol–water partition coefficient (Wildman–Crippen LogP) is 5.12. The van der Waals surface area contributed by atoms with Crippen LogP contribution in [0.5, 0.6) is 11.6 Å². The average Bonchev–Trinajstić information content (AvgIpc) is 2.87. The van der Waals surface area contributed by atoms with Crippen molar-refractivity contribution in [3.8, 4) is 17.7 Å². The second kappa shape index (κ2) is 11.1. The van der Waals surface area contributed by atoms with E-state index in [2.05, 4.69) is 22.5 Å². The number of aromatic nitrogens is 1. The van der Waals surface area contributed by atoms with Gasteiger partial charge in [0.25, 0.3) is 0 Å². The van der Waals surface area contributed by atoms with Crippen molar-refractivity contribution in [2.24, 2.45) is 11.8 Å². The number of amides is 4. The molecule has 184 valence electrons. The summed E-state index contributed by atoms with van der Waals surface area (Å²) in [5.41, 5.74) is 1.21. The molecule has 1 saturated heterocycles. The Bertz CT molecular complexity index is 1060. The van der Waals surface area contributed by atoms with E-state index in [9.17, 15) is 9.59 Å². The first-order valence-electron chi connectivity index (χ1n) is 12.3. The number of nitriles is 1. The van der Waals surface area contributed by atoms with Crippen molar-refractivity contribution in [2.45, 2.75) is 52.2 Å². The molecular formula is C26H32N6O3. The van der Waals surface area contributed by atoms with Crippen LogP contribution >= 0.6 is 0 Å². The summed E-state index contributed by atoms with van der Waals surface area (Å²) >= 11 is 0. The fourth-order valence-electron chi connectivity index (χ4n) is 4.54. The summed E-state index contributed by atoms with van der Waals surface area (Å²) in [5, 5.41) is 15.1. The Kier molecular flexibility index (Phi) is 7.70. The maximum absolute atomic E-state index is 13.3. The number of hydrogen-bond donors (Lipinski definition) is 2. The van der Waals surface area contributed by atoms with Gasteiger partial charge in [0.1, 0.15) is 11.8 Å². The van der Waals surface area contributed by atoms with Crippen molar-refractivity contribution in [1.29, 1.82) is 5.26 Å². The zero-order valence-electron chi connectivity index (χ0n) is 20.2. The molecule has 2 aromatic rings. The third-order valence-corrected chi connectivity index (χ3v) is 6.58. The van der Waals surface area contributed by atoms with E-state index in [1.807, 2.05) is 25.1 Å². The minimum absolute atomic E-state index is 0.251. The number of rotatable bonds is 8. The van der Waals surface area contributed by atoms with Gasteiger partial charge in [-0.2, -0.15) is 5.26 Å². The topological polar surface area (TPSA) is 111 Å². The van der Waals surface area contributed by atoms with Crippen LogP contribution in [0.4, 0.5) is 15.3 Å². The third-order valence-electron chi connectivity index (χ3n) is 6.58. The molecule has 2 aliphatic rings. The molecule has 35 heavy (non-hydrogen) atoms. The lowest BCUT2D eigenvalue weighted by Crippen LogP contribution is -2.68. The Labute approximate surface area is 206 Å². The molecular weight excluding hydrogens is 444 g/mol. The summed E-state index contributed by atoms with van der Waals surface area (Å²) in [6.07, 6.45) is 6.06. The number of hydrogen-bond acceptors (Lipinski definition) is 6. The molecule has 2 heterocycles. The summed E-state index contributed by atoms with van der Waals surface area (Å²) < 4.78 is 5.74. The van der Waals surface area contributed by atoms with E-state index >= 15 is 0 Å². The van der Waals surface area contributed by atoms with Crippen LogP contribution in [-0.2, 0) is 0 Å². The molecule has 1 aliphatic carbocycles. The van der Waals surface area contributed by atoms with Crippen LogP contribution in [0.2, 0.25) is 0 Å². The molecule has 1 unspecified atom stereocenters. The third kappa shape index (κ3) is 6.01. The number of imide groups is 1. The van der Waals surface area contributed by atoms with Crippen LogP contribution in [-0.4, -0.2) is 46.2 Å². The van der Waals surface area contributed by atoms with Crippen LogP contribution in [0.25, 0.3) is 0 Å². The Balaban J connectivity index is 1.45. The number of carbonyl (C=O) groups is 2. The molecule has 2 N–H and O–H groups in total. The van der Waals surface area contributed by atoms with Crippen molar-refractivity contribution >= 4 is 17.7 Å². The van der Waals surface area contributed by atoms with Crippen molar-refractivity contribution in [3.63, 3.8) is 0 Å². The fourth-order valence-corrected chi connectivity index (χ4v) is 4.54. The van der Waals surface area contributed by atoms with Gasteiger partial charge in [-0.25, -0.2) is 19.5 Å². The number of benzene rings is 1. The lowest BCUT2D eigenvalue weighted by Gasteiger charge is -2.43. The summed E-state index contributed by atoms with van der Waals surface area (Å²) in [7, 11) is 0. The number of pyridine rings is 1. The second-order valence-electron chi connectivity index (χ2n) is 9.33. The van der Waals surface area contributed by atoms with Gasteiger partial charge in [-0.05, 0) is 61.4 Å². The highest BCUT2D eigenvalue weighted by Gasteiger charge is 2.39. The van der Waals surface area contributed by atoms with Crippen LogP contribution in [0.1, 0.15) is 51.5 Å². The van der Waals surface area contributed by atoms with Gasteiger partial charge in [-0.1, -0.05) is 26.7 Å². The number of nitrogens with zero attached hydrogens (tertiary/aromatic N) is 4. The molecule has 0 radical (unpaired) electrons. The number of anilines is 1. The Hall–Kier alpha value is -3.80. The van der Waals surface area contributed by atoms with Gasteiger partial charge in [-0.3, -0.25) is 10.2 Å². The molecule has 0 spiro atoms. The Morgan fingerprint density at radius 3 is 2.51 bits per heavy atom. The Morgan fingerprint density at radius 1 is 1.14 bits per heavy atom. The summed E-state index contributed by atoms with van der Waals surface area (Å²) in [6.45, 7) is 5.23. The molecule has 1 aromatic carbocycles. The zero-order chi connectivity index (χ0) is 24.8. The van der Waals surface area contributed by atoms with Gasteiger partial charge >= 0.3 is 12.1 Å². The molecule has 1 aliphatic heterocycles. The van der Waals surface area contributed by atoms with Crippen molar-refractivity contribution in [3.05, 3.63) is 48.2 Å². The molecule has 9 heteroatoms. The van der Waals surface area contributed by atoms with Crippen LogP contribution < -0.4 is 15.4 Å². The number of nitrogens with one attached hydrogen (secondary N) is 2. The number of ether oxygens (including phenoxy) is 1. The minimum Gasteiger partial charge on any atom is -0.439 e. The number of carbonyl (C=O) groups excluding carboxylic acids is 2. The first-order valence-corrected chi connectivity index (χ1v) is 12.3. The molecule has 4 amide bonds. The fraction of sp³-hybridized carbons (Fsp3) is 0.462. The normalized spacial score (nSPS) is 22.4. The van der Waals surface area contributed by atoms with Gasteiger partial charge in [0.05, 0.1) is 5.56 Å². The SMILES string of the molecule is CCCN1C(=O)NC(Nc2ccc(Oc3ccc(C#N)cn3)cc2)N(CC2CCC(C)CC2)C1=O. The molecule has 9 nitrogen and oxygen atoms in total. The van der Waals surface area contributed by atoms with Gasteiger partial charge in [-0.15, -0.1) is 0 Å². The van der Waals surface area contributed by atoms with Crippen LogP contribution in [0.3, 0.4) is 0 Å². The van der Waals surface area contributed by atoms with Gasteiger partial charge in [0.15, 0.2) is 6.29 Å². The van der Waals surface area contributed by atoms with E-state index in [4.69, 9.17) is 10.00 Å². The van der Waals surface area contributed by atoms with Gasteiger partial charge in [0, 0.05) is 31.0 Å². The van der Waals surface area contributed by atoms with Crippen molar-refractivity contribution in [2.75, 3.05) is 18.4 Å². The smallest absolute Gasteiger partial charge is 0.331 e. The molecule has 1 saturated carbocycles. The Morgan fingerprint density at radius 2 is 1.89 bits per heavy atom. The highest BCUT2D eigenvalue weighted by atomic mass is 16.5. The van der Waals surface area contributed by atoms with E-state index in [1.165, 1.54) is 23.9 Å². The van der Waals surface area contributed by atoms with Crippen LogP contribution in [0.15, 0.2) is 42.6 Å². The van der Waals surface area contributed by atoms with E-state index in [0.29, 0.717) is 42.6 Å². The summed E-state index contributed by atoms with van der Waals surface area (Å²) in [5.74, 6) is 2.13. The van der Waals surface area contributed by atoms with Gasteiger partial charge in [0.2, 0.25) is 5.88 Å². The van der Waals surface area contributed by atoms with Crippen molar-refractivity contribution < 1.29 is 14.3 Å². The summed E-state index contributed by atoms with van der Waals surface area (Å²) in [6, 6.07) is 11.9. The first-order chi connectivity index (χ1) is 17.0. The zero-order valence-corrected chi connectivity index (χ0v) is 20.2. The highest BCUT2D eigenvalue weighted by Crippen LogP contribution is 2.30. The summed E-state index contributed by atoms with van der Waals surface area (Å²) in [4.78, 5) is 33.1. The van der Waals surface area contributed by atoms with E-state index in [-0.39, 0.29) is 12.1 Å². The molecule has 2 fully saturated rings. The number of urea groups is 2. The monoisotopic (exact) mass is 476 g/mol. The first kappa shape index (κ1) is 24.3. The maximum atomic E-state index is 13.3. The van der Waals surface area contributed by atoms with E-state index < -0.39 is 6.29 Å². The standard InChI is InChI=1S/C26H32N6O3/c1-3-14-31-25(33)30-24(32(26(31)34)17-19-6-4-18(2)5-7-19)29-21-9-11-22(12-10-21)35-23-13-8-20(15-27)16-28-23/h8-13,16,18-19,24,29H,3-7,14,17H2,1-2H3,(H,30,33). The van der Waals surface area contributed by atoms with Crippen LogP contribution in [0, 0.1) is 23.2 Å². The van der Waals surface area contributed by atoms with Gasteiger partial charge < -0.3 is 10.1 Å². The average molecular weight is 477 g/mol. The quantitative estimate of drug-likeness (QED) is 0.547. The maximum Gasteiger partial charge on any atom is 0.331 e.